The maximum atomic E-state index is 4.94. The Kier molecular flexibility index (Phi) is 3.50. The average Bonchev–Trinajstić information content (AvgIpc) is 3.38. The molecule has 2 aliphatic rings. The Morgan fingerprint density at radius 1 is 1.04 bits per heavy atom. The third-order valence-electron chi connectivity index (χ3n) is 6.77. The van der Waals surface area contributed by atoms with E-state index in [1.807, 2.05) is 10.7 Å². The molecule has 6 rings (SSSR count). The zero-order chi connectivity index (χ0) is 18.7. The molecule has 4 nitrogen and oxygen atoms in total. The zero-order valence-electron chi connectivity index (χ0n) is 16.0. The second-order valence-corrected chi connectivity index (χ2v) is 8.35. The number of hydrogen-bond acceptors (Lipinski definition) is 2. The summed E-state index contributed by atoms with van der Waals surface area (Å²) in [7, 11) is 2.29. The van der Waals surface area contributed by atoms with E-state index in [4.69, 9.17) is 5.10 Å². The molecular weight excluding hydrogens is 344 g/mol. The molecule has 2 aromatic carbocycles. The van der Waals surface area contributed by atoms with Crippen molar-refractivity contribution in [1.82, 2.24) is 19.7 Å². The first kappa shape index (κ1) is 16.1. The predicted molar refractivity (Wildman–Crippen MR) is 112 cm³/mol. The standard InChI is InChI=1S/C24H24N4/c1-27-15-17(21-10-11-28(26-21)18-6-3-2-4-7-18)12-20-19-8-5-9-22-24(19)16(14-25-22)13-23(20)27/h2-11,14,17,20,23,25H,12-13,15H2,1H3/t17?,20-,23-/m1/s1. The van der Waals surface area contributed by atoms with Crippen LogP contribution in [-0.4, -0.2) is 39.3 Å². The maximum Gasteiger partial charge on any atom is 0.0672 e. The summed E-state index contributed by atoms with van der Waals surface area (Å²) in [6.45, 7) is 1.07. The van der Waals surface area contributed by atoms with Crippen LogP contribution < -0.4 is 0 Å². The van der Waals surface area contributed by atoms with Gasteiger partial charge in [0, 0.05) is 47.7 Å². The summed E-state index contributed by atoms with van der Waals surface area (Å²) in [6, 6.07) is 19.9. The number of H-pyrrole nitrogens is 1. The van der Waals surface area contributed by atoms with Gasteiger partial charge in [-0.05, 0) is 55.3 Å². The number of nitrogens with one attached hydrogen (secondary N) is 1. The molecule has 4 aromatic rings. The second-order valence-electron chi connectivity index (χ2n) is 8.35. The van der Waals surface area contributed by atoms with E-state index in [-0.39, 0.29) is 0 Å². The van der Waals surface area contributed by atoms with Crippen LogP contribution in [-0.2, 0) is 6.42 Å². The Labute approximate surface area is 164 Å². The molecule has 28 heavy (non-hydrogen) atoms. The molecule has 1 unspecified atom stereocenters. The molecule has 0 radical (unpaired) electrons. The predicted octanol–water partition coefficient (Wildman–Crippen LogP) is 4.48. The second kappa shape index (κ2) is 6.08. The van der Waals surface area contributed by atoms with Crippen LogP contribution in [0.4, 0.5) is 0 Å². The molecule has 1 aliphatic heterocycles. The van der Waals surface area contributed by atoms with Gasteiger partial charge in [-0.3, -0.25) is 0 Å². The van der Waals surface area contributed by atoms with Crippen LogP contribution in [0.1, 0.15) is 35.1 Å². The molecule has 2 aromatic heterocycles. The lowest BCUT2D eigenvalue weighted by molar-refractivity contribution is 0.138. The number of aromatic amines is 1. The highest BCUT2D eigenvalue weighted by atomic mass is 15.3. The summed E-state index contributed by atoms with van der Waals surface area (Å²) < 4.78 is 2.01. The fourth-order valence-corrected chi connectivity index (χ4v) is 5.44. The Morgan fingerprint density at radius 2 is 1.93 bits per heavy atom. The summed E-state index contributed by atoms with van der Waals surface area (Å²) in [5.41, 5.74) is 6.61. The molecule has 1 aliphatic carbocycles. The smallest absolute Gasteiger partial charge is 0.0672 e. The first-order chi connectivity index (χ1) is 13.8. The average molecular weight is 368 g/mol. The number of para-hydroxylation sites is 1. The molecular formula is C24H24N4. The van der Waals surface area contributed by atoms with Crippen LogP contribution in [0, 0.1) is 0 Å². The topological polar surface area (TPSA) is 36.9 Å². The number of likely N-dealkylation sites (tertiary alicyclic amines) is 1. The zero-order valence-corrected chi connectivity index (χ0v) is 16.0. The van der Waals surface area contributed by atoms with Gasteiger partial charge >= 0.3 is 0 Å². The fourth-order valence-electron chi connectivity index (χ4n) is 5.44. The molecule has 4 heteroatoms. The van der Waals surface area contributed by atoms with Gasteiger partial charge in [-0.15, -0.1) is 0 Å². The van der Waals surface area contributed by atoms with Crippen molar-refractivity contribution in [3.05, 3.63) is 83.8 Å². The molecule has 1 N–H and O–H groups in total. The van der Waals surface area contributed by atoms with Crippen molar-refractivity contribution in [2.24, 2.45) is 0 Å². The van der Waals surface area contributed by atoms with Crippen molar-refractivity contribution < 1.29 is 0 Å². The molecule has 1 saturated heterocycles. The number of aromatic nitrogens is 3. The van der Waals surface area contributed by atoms with E-state index in [1.165, 1.54) is 34.1 Å². The van der Waals surface area contributed by atoms with Gasteiger partial charge in [0.25, 0.3) is 0 Å². The van der Waals surface area contributed by atoms with Crippen LogP contribution in [0.2, 0.25) is 0 Å². The van der Waals surface area contributed by atoms with Gasteiger partial charge in [0.2, 0.25) is 0 Å². The van der Waals surface area contributed by atoms with Crippen LogP contribution in [0.15, 0.2) is 67.0 Å². The minimum atomic E-state index is 0.465. The molecule has 0 amide bonds. The highest BCUT2D eigenvalue weighted by Gasteiger charge is 2.40. The van der Waals surface area contributed by atoms with Crippen molar-refractivity contribution in [2.75, 3.05) is 13.6 Å². The Morgan fingerprint density at radius 3 is 2.82 bits per heavy atom. The molecule has 3 atom stereocenters. The number of hydrogen-bond donors (Lipinski definition) is 1. The van der Waals surface area contributed by atoms with Gasteiger partial charge in [-0.2, -0.15) is 5.10 Å². The first-order valence-electron chi connectivity index (χ1n) is 10.2. The van der Waals surface area contributed by atoms with E-state index in [0.29, 0.717) is 17.9 Å². The van der Waals surface area contributed by atoms with Gasteiger partial charge in [0.1, 0.15) is 0 Å². The number of likely N-dealkylation sites (N-methyl/N-ethyl adjacent to an activating group) is 1. The van der Waals surface area contributed by atoms with E-state index >= 15 is 0 Å². The summed E-state index contributed by atoms with van der Waals surface area (Å²) >= 11 is 0. The minimum Gasteiger partial charge on any atom is -0.361 e. The summed E-state index contributed by atoms with van der Waals surface area (Å²) in [6.07, 6.45) is 6.63. The first-order valence-corrected chi connectivity index (χ1v) is 10.2. The third-order valence-corrected chi connectivity index (χ3v) is 6.77. The van der Waals surface area contributed by atoms with Crippen molar-refractivity contribution in [3.8, 4) is 5.69 Å². The Bertz CT molecular complexity index is 1140. The highest BCUT2D eigenvalue weighted by Crippen LogP contribution is 2.46. The molecule has 0 saturated carbocycles. The van der Waals surface area contributed by atoms with E-state index in [2.05, 4.69) is 77.9 Å². The quantitative estimate of drug-likeness (QED) is 0.566. The maximum absolute atomic E-state index is 4.94. The van der Waals surface area contributed by atoms with Crippen LogP contribution in [0.3, 0.4) is 0 Å². The molecule has 1 fully saturated rings. The SMILES string of the molecule is CN1CC(c2ccn(-c3ccccc3)n2)C[C@@H]2c3cccc4[nH]cc(c34)C[C@H]21. The number of nitrogens with zero attached hydrogens (tertiary/aromatic N) is 3. The van der Waals surface area contributed by atoms with Gasteiger partial charge in [-0.25, -0.2) is 4.68 Å². The Balaban J connectivity index is 1.36. The number of benzene rings is 2. The van der Waals surface area contributed by atoms with Crippen LogP contribution in [0.25, 0.3) is 16.6 Å². The van der Waals surface area contributed by atoms with Gasteiger partial charge in [0.05, 0.1) is 11.4 Å². The van der Waals surface area contributed by atoms with Crippen molar-refractivity contribution in [1.29, 1.82) is 0 Å². The van der Waals surface area contributed by atoms with E-state index in [0.717, 1.165) is 18.7 Å². The lowest BCUT2D eigenvalue weighted by atomic mass is 9.72. The third kappa shape index (κ3) is 2.38. The van der Waals surface area contributed by atoms with Gasteiger partial charge < -0.3 is 9.88 Å². The summed E-state index contributed by atoms with van der Waals surface area (Å²) in [4.78, 5) is 6.04. The van der Waals surface area contributed by atoms with Crippen molar-refractivity contribution in [2.45, 2.75) is 30.7 Å². The number of fused-ring (bicyclic) bond motifs is 2. The molecule has 0 spiro atoms. The monoisotopic (exact) mass is 368 g/mol. The molecule has 0 bridgehead atoms. The van der Waals surface area contributed by atoms with E-state index < -0.39 is 0 Å². The largest absolute Gasteiger partial charge is 0.361 e. The molecule has 140 valence electrons. The minimum absolute atomic E-state index is 0.465. The van der Waals surface area contributed by atoms with E-state index in [9.17, 15) is 0 Å². The Hall–Kier alpha value is -2.85. The molecule has 3 heterocycles. The summed E-state index contributed by atoms with van der Waals surface area (Å²) in [5.74, 6) is 1.03. The number of piperidine rings is 1. The normalized spacial score (nSPS) is 24.4. The highest BCUT2D eigenvalue weighted by molar-refractivity contribution is 5.88. The lowest BCUT2D eigenvalue weighted by Gasteiger charge is -2.45. The van der Waals surface area contributed by atoms with Crippen LogP contribution in [0.5, 0.6) is 0 Å². The van der Waals surface area contributed by atoms with Gasteiger partial charge in [0.15, 0.2) is 0 Å². The van der Waals surface area contributed by atoms with Gasteiger partial charge in [-0.1, -0.05) is 30.3 Å². The number of rotatable bonds is 2. The van der Waals surface area contributed by atoms with Crippen molar-refractivity contribution in [3.63, 3.8) is 0 Å². The van der Waals surface area contributed by atoms with Crippen LogP contribution >= 0.6 is 0 Å². The lowest BCUT2D eigenvalue weighted by Crippen LogP contribution is -2.47. The van der Waals surface area contributed by atoms with Crippen molar-refractivity contribution >= 4 is 10.9 Å². The fraction of sp³-hybridized carbons (Fsp3) is 0.292. The summed E-state index contributed by atoms with van der Waals surface area (Å²) in [5, 5.41) is 6.41. The van der Waals surface area contributed by atoms with E-state index in [1.54, 1.807) is 0 Å².